The quantitative estimate of drug-likeness (QED) is 0.726. The second kappa shape index (κ2) is 8.56. The maximum atomic E-state index is 13.2. The van der Waals surface area contributed by atoms with Crippen molar-refractivity contribution >= 4 is 17.7 Å². The van der Waals surface area contributed by atoms with Gasteiger partial charge in [-0.05, 0) is 45.1 Å². The van der Waals surface area contributed by atoms with Crippen LogP contribution in [0.15, 0.2) is 35.5 Å². The van der Waals surface area contributed by atoms with Gasteiger partial charge in [0.1, 0.15) is 11.7 Å². The molecule has 1 saturated heterocycles. The van der Waals surface area contributed by atoms with Crippen molar-refractivity contribution in [3.05, 3.63) is 35.9 Å². The molecule has 6 nitrogen and oxygen atoms in total. The Morgan fingerprint density at radius 2 is 1.97 bits per heavy atom. The van der Waals surface area contributed by atoms with Crippen molar-refractivity contribution in [2.24, 2.45) is 17.0 Å². The number of rotatable bonds is 5. The molecule has 0 aliphatic carbocycles. The number of nitrogens with zero attached hydrogens (tertiary/aromatic N) is 2. The van der Waals surface area contributed by atoms with E-state index in [-0.39, 0.29) is 24.0 Å². The first-order chi connectivity index (χ1) is 13.6. The first-order valence-electron chi connectivity index (χ1n) is 10.5. The minimum atomic E-state index is -0.645. The van der Waals surface area contributed by atoms with Crippen LogP contribution >= 0.6 is 0 Å². The monoisotopic (exact) mass is 400 g/mol. The average Bonchev–Trinajstić information content (AvgIpc) is 3.18. The van der Waals surface area contributed by atoms with Crippen LogP contribution in [0.3, 0.4) is 0 Å². The second-order valence-electron chi connectivity index (χ2n) is 9.48. The van der Waals surface area contributed by atoms with E-state index in [2.05, 4.69) is 31.1 Å². The maximum absolute atomic E-state index is 13.2. The summed E-state index contributed by atoms with van der Waals surface area (Å²) in [6.45, 7) is 9.62. The second-order valence-corrected chi connectivity index (χ2v) is 9.48. The van der Waals surface area contributed by atoms with E-state index in [0.717, 1.165) is 12.1 Å². The minimum absolute atomic E-state index is 0.163. The molecule has 0 radical (unpaired) electrons. The zero-order chi connectivity index (χ0) is 21.2. The van der Waals surface area contributed by atoms with Gasteiger partial charge < -0.3 is 9.57 Å². The van der Waals surface area contributed by atoms with Crippen LogP contribution in [-0.4, -0.2) is 40.4 Å². The SMILES string of the molecule is CC(C)C[C@H]1C[C@@H]([C@@H]2CC(Cc3ccccc3)=NO2)C(=O)N1C(=O)OC(C)(C)C. The minimum Gasteiger partial charge on any atom is -0.443 e. The molecule has 3 rings (SSSR count). The number of likely N-dealkylation sites (tertiary alicyclic amines) is 1. The van der Waals surface area contributed by atoms with Gasteiger partial charge in [-0.15, -0.1) is 0 Å². The summed E-state index contributed by atoms with van der Waals surface area (Å²) < 4.78 is 5.51. The van der Waals surface area contributed by atoms with E-state index in [4.69, 9.17) is 9.57 Å². The highest BCUT2D eigenvalue weighted by Crippen LogP contribution is 2.36. The summed E-state index contributed by atoms with van der Waals surface area (Å²) in [6, 6.07) is 9.93. The molecule has 0 spiro atoms. The average molecular weight is 401 g/mol. The lowest BCUT2D eigenvalue weighted by Gasteiger charge is -2.28. The highest BCUT2D eigenvalue weighted by molar-refractivity contribution is 5.97. The van der Waals surface area contributed by atoms with Crippen LogP contribution in [0.4, 0.5) is 4.79 Å². The van der Waals surface area contributed by atoms with Crippen LogP contribution in [0, 0.1) is 11.8 Å². The van der Waals surface area contributed by atoms with Crippen molar-refractivity contribution < 1.29 is 19.2 Å². The fraction of sp³-hybridized carbons (Fsp3) is 0.609. The van der Waals surface area contributed by atoms with Crippen LogP contribution in [0.25, 0.3) is 0 Å². The lowest BCUT2D eigenvalue weighted by molar-refractivity contribution is -0.134. The molecule has 2 amide bonds. The van der Waals surface area contributed by atoms with Gasteiger partial charge in [-0.1, -0.05) is 49.3 Å². The van der Waals surface area contributed by atoms with Gasteiger partial charge in [0.05, 0.1) is 11.6 Å². The van der Waals surface area contributed by atoms with E-state index >= 15 is 0 Å². The Morgan fingerprint density at radius 3 is 2.59 bits per heavy atom. The van der Waals surface area contributed by atoms with Gasteiger partial charge in [-0.25, -0.2) is 9.69 Å². The number of oxime groups is 1. The molecule has 1 aromatic rings. The topological polar surface area (TPSA) is 68.2 Å². The zero-order valence-corrected chi connectivity index (χ0v) is 18.1. The first-order valence-corrected chi connectivity index (χ1v) is 10.5. The lowest BCUT2D eigenvalue weighted by atomic mass is 9.91. The van der Waals surface area contributed by atoms with Gasteiger partial charge in [-0.2, -0.15) is 0 Å². The summed E-state index contributed by atoms with van der Waals surface area (Å²) >= 11 is 0. The molecule has 0 aromatic heterocycles. The molecule has 3 atom stereocenters. The Balaban J connectivity index is 1.68. The molecule has 0 unspecified atom stereocenters. The van der Waals surface area contributed by atoms with Crippen LogP contribution in [0.5, 0.6) is 0 Å². The highest BCUT2D eigenvalue weighted by atomic mass is 16.6. The molecule has 2 heterocycles. The molecule has 2 aliphatic rings. The van der Waals surface area contributed by atoms with Gasteiger partial charge in [0.15, 0.2) is 0 Å². The number of carbonyl (C=O) groups is 2. The molecule has 6 heteroatoms. The molecule has 29 heavy (non-hydrogen) atoms. The fourth-order valence-electron chi connectivity index (χ4n) is 4.07. The largest absolute Gasteiger partial charge is 0.443 e. The number of imide groups is 1. The van der Waals surface area contributed by atoms with Crippen molar-refractivity contribution in [3.63, 3.8) is 0 Å². The molecular weight excluding hydrogens is 368 g/mol. The van der Waals surface area contributed by atoms with Crippen LogP contribution in [0.1, 0.15) is 59.4 Å². The molecule has 158 valence electrons. The number of ether oxygens (including phenoxy) is 1. The molecule has 0 bridgehead atoms. The Kier molecular flexibility index (Phi) is 6.30. The van der Waals surface area contributed by atoms with Crippen molar-refractivity contribution in [1.82, 2.24) is 4.90 Å². The smallest absolute Gasteiger partial charge is 0.417 e. The van der Waals surface area contributed by atoms with Gasteiger partial charge in [0, 0.05) is 18.9 Å². The number of hydrogen-bond acceptors (Lipinski definition) is 5. The zero-order valence-electron chi connectivity index (χ0n) is 18.1. The molecule has 1 aromatic carbocycles. The van der Waals surface area contributed by atoms with Crippen molar-refractivity contribution in [3.8, 4) is 0 Å². The molecule has 0 saturated carbocycles. The molecular formula is C23H32N2O4. The van der Waals surface area contributed by atoms with Crippen molar-refractivity contribution in [1.29, 1.82) is 0 Å². The Labute approximate surface area is 173 Å². The lowest BCUT2D eigenvalue weighted by Crippen LogP contribution is -2.44. The molecule has 1 fully saturated rings. The van der Waals surface area contributed by atoms with E-state index in [1.807, 2.05) is 39.0 Å². The predicted octanol–water partition coefficient (Wildman–Crippen LogP) is 4.57. The predicted molar refractivity (Wildman–Crippen MR) is 112 cm³/mol. The standard InChI is InChI=1S/C23H32N2O4/c1-15(2)11-18-14-19(21(26)25(18)22(27)28-23(3,4)5)20-13-17(24-29-20)12-16-9-7-6-8-10-16/h6-10,15,18-20H,11-14H2,1-5H3/t18-,19-,20-/m0/s1. The van der Waals surface area contributed by atoms with E-state index in [1.54, 1.807) is 0 Å². The fourth-order valence-corrected chi connectivity index (χ4v) is 4.07. The number of benzene rings is 1. The maximum Gasteiger partial charge on any atom is 0.417 e. The van der Waals surface area contributed by atoms with Crippen molar-refractivity contribution in [2.45, 2.75) is 78.0 Å². The summed E-state index contributed by atoms with van der Waals surface area (Å²) in [5.74, 6) is -0.208. The summed E-state index contributed by atoms with van der Waals surface area (Å²) in [4.78, 5) is 32.9. The van der Waals surface area contributed by atoms with Crippen LogP contribution in [0.2, 0.25) is 0 Å². The van der Waals surface area contributed by atoms with E-state index < -0.39 is 11.7 Å². The first kappa shape index (κ1) is 21.3. The van der Waals surface area contributed by atoms with Crippen LogP contribution < -0.4 is 0 Å². The highest BCUT2D eigenvalue weighted by Gasteiger charge is 2.49. The van der Waals surface area contributed by atoms with Gasteiger partial charge >= 0.3 is 6.09 Å². The third-order valence-electron chi connectivity index (χ3n) is 5.23. The Bertz CT molecular complexity index is 767. The normalized spacial score (nSPS) is 24.6. The number of amides is 2. The summed E-state index contributed by atoms with van der Waals surface area (Å²) in [7, 11) is 0. The third kappa shape index (κ3) is 5.37. The summed E-state index contributed by atoms with van der Waals surface area (Å²) in [5.41, 5.74) is 1.46. The van der Waals surface area contributed by atoms with Crippen LogP contribution in [-0.2, 0) is 20.8 Å². The molecule has 0 N–H and O–H groups in total. The van der Waals surface area contributed by atoms with Gasteiger partial charge in [-0.3, -0.25) is 4.79 Å². The summed E-state index contributed by atoms with van der Waals surface area (Å²) in [6.07, 6.45) is 1.80. The van der Waals surface area contributed by atoms with Gasteiger partial charge in [0.2, 0.25) is 5.91 Å². The third-order valence-corrected chi connectivity index (χ3v) is 5.23. The summed E-state index contributed by atoms with van der Waals surface area (Å²) in [5, 5.41) is 4.24. The number of carbonyl (C=O) groups excluding carboxylic acids is 2. The molecule has 2 aliphatic heterocycles. The van der Waals surface area contributed by atoms with E-state index in [9.17, 15) is 9.59 Å². The van der Waals surface area contributed by atoms with E-state index in [1.165, 1.54) is 10.5 Å². The Morgan fingerprint density at radius 1 is 1.28 bits per heavy atom. The van der Waals surface area contributed by atoms with E-state index in [0.29, 0.717) is 25.2 Å². The van der Waals surface area contributed by atoms with Crippen molar-refractivity contribution in [2.75, 3.05) is 0 Å². The Hall–Kier alpha value is -2.37. The van der Waals surface area contributed by atoms with Gasteiger partial charge in [0.25, 0.3) is 0 Å². The number of hydrogen-bond donors (Lipinski definition) is 0.